The molecule has 0 unspecified atom stereocenters. The Labute approximate surface area is 95.8 Å². The number of rotatable bonds is 5. The molecular weight excluding hydrogens is 210 g/mol. The number of allylic oxidation sites excluding steroid dienone is 1. The number of hydroxylamine groups is 1. The molecule has 0 aliphatic heterocycles. The van der Waals surface area contributed by atoms with Gasteiger partial charge in [-0.2, -0.15) is 0 Å². The lowest BCUT2D eigenvalue weighted by molar-refractivity contribution is -0.140. The first-order valence-electron chi connectivity index (χ1n) is 5.05. The number of nitrogens with one attached hydrogen (secondary N) is 1. The van der Waals surface area contributed by atoms with Crippen LogP contribution in [0.4, 0.5) is 0 Å². The lowest BCUT2D eigenvalue weighted by Gasteiger charge is -2.15. The third kappa shape index (κ3) is 4.93. The minimum absolute atomic E-state index is 0.00396. The summed E-state index contributed by atoms with van der Waals surface area (Å²) in [6.45, 7) is 7.23. The number of ketones is 1. The summed E-state index contributed by atoms with van der Waals surface area (Å²) in [6, 6.07) is 0. The SMILES string of the molecule is CCOC(=O)/C(=C/C(=O)C(C)(C)C)NOC. The van der Waals surface area contributed by atoms with Gasteiger partial charge in [0.05, 0.1) is 13.7 Å². The maximum atomic E-state index is 11.7. The third-order valence-electron chi connectivity index (χ3n) is 1.72. The van der Waals surface area contributed by atoms with Crippen molar-refractivity contribution in [1.29, 1.82) is 0 Å². The number of hydrogen-bond donors (Lipinski definition) is 1. The molecule has 0 saturated heterocycles. The summed E-state index contributed by atoms with van der Waals surface area (Å²) in [5.74, 6) is -0.790. The van der Waals surface area contributed by atoms with Crippen LogP contribution in [0.3, 0.4) is 0 Å². The molecule has 0 spiro atoms. The van der Waals surface area contributed by atoms with Crippen LogP contribution >= 0.6 is 0 Å². The minimum atomic E-state index is -0.609. The summed E-state index contributed by atoms with van der Waals surface area (Å²) in [7, 11) is 1.36. The van der Waals surface area contributed by atoms with Crippen LogP contribution in [0.25, 0.3) is 0 Å². The number of ether oxygens (including phenoxy) is 1. The first-order valence-corrected chi connectivity index (χ1v) is 5.05. The second-order valence-electron chi connectivity index (χ2n) is 4.20. The average Bonchev–Trinajstić information content (AvgIpc) is 2.15. The van der Waals surface area contributed by atoms with E-state index in [1.807, 2.05) is 0 Å². The average molecular weight is 229 g/mol. The molecular formula is C11H19NO4. The molecule has 0 bridgehead atoms. The van der Waals surface area contributed by atoms with E-state index in [9.17, 15) is 9.59 Å². The van der Waals surface area contributed by atoms with Crippen molar-refractivity contribution in [2.24, 2.45) is 5.41 Å². The van der Waals surface area contributed by atoms with Gasteiger partial charge in [0.2, 0.25) is 0 Å². The van der Waals surface area contributed by atoms with Crippen molar-refractivity contribution in [1.82, 2.24) is 5.48 Å². The molecule has 1 N–H and O–H groups in total. The quantitative estimate of drug-likeness (QED) is 0.436. The van der Waals surface area contributed by atoms with Crippen LogP contribution in [0.2, 0.25) is 0 Å². The number of esters is 1. The van der Waals surface area contributed by atoms with Crippen molar-refractivity contribution >= 4 is 11.8 Å². The Hall–Kier alpha value is -1.36. The van der Waals surface area contributed by atoms with E-state index >= 15 is 0 Å². The van der Waals surface area contributed by atoms with E-state index in [4.69, 9.17) is 4.74 Å². The Morgan fingerprint density at radius 2 is 1.88 bits per heavy atom. The van der Waals surface area contributed by atoms with E-state index in [0.717, 1.165) is 0 Å². The van der Waals surface area contributed by atoms with Gasteiger partial charge in [-0.3, -0.25) is 15.1 Å². The Morgan fingerprint density at radius 3 is 2.25 bits per heavy atom. The molecule has 0 aliphatic carbocycles. The molecule has 0 aromatic heterocycles. The Morgan fingerprint density at radius 1 is 1.31 bits per heavy atom. The summed E-state index contributed by atoms with van der Waals surface area (Å²) in [5.41, 5.74) is 1.79. The molecule has 5 nitrogen and oxygen atoms in total. The van der Waals surface area contributed by atoms with Gasteiger partial charge >= 0.3 is 5.97 Å². The highest BCUT2D eigenvalue weighted by molar-refractivity contribution is 6.01. The smallest absolute Gasteiger partial charge is 0.356 e. The highest BCUT2D eigenvalue weighted by Crippen LogP contribution is 2.16. The van der Waals surface area contributed by atoms with Crippen molar-refractivity contribution in [3.8, 4) is 0 Å². The van der Waals surface area contributed by atoms with Crippen molar-refractivity contribution in [2.45, 2.75) is 27.7 Å². The van der Waals surface area contributed by atoms with E-state index < -0.39 is 11.4 Å². The molecule has 0 saturated carbocycles. The van der Waals surface area contributed by atoms with Gasteiger partial charge in [0, 0.05) is 11.5 Å². The highest BCUT2D eigenvalue weighted by atomic mass is 16.6. The maximum absolute atomic E-state index is 11.7. The zero-order valence-corrected chi connectivity index (χ0v) is 10.4. The fraction of sp³-hybridized carbons (Fsp3) is 0.636. The van der Waals surface area contributed by atoms with Crippen molar-refractivity contribution in [3.05, 3.63) is 11.8 Å². The largest absolute Gasteiger partial charge is 0.461 e. The van der Waals surface area contributed by atoms with Crippen LogP contribution < -0.4 is 5.48 Å². The monoisotopic (exact) mass is 229 g/mol. The molecule has 0 atom stereocenters. The maximum Gasteiger partial charge on any atom is 0.356 e. The summed E-state index contributed by atoms with van der Waals surface area (Å²) in [6.07, 6.45) is 1.20. The minimum Gasteiger partial charge on any atom is -0.461 e. The zero-order valence-electron chi connectivity index (χ0n) is 10.4. The van der Waals surface area contributed by atoms with Gasteiger partial charge in [-0.25, -0.2) is 4.79 Å². The highest BCUT2D eigenvalue weighted by Gasteiger charge is 2.22. The predicted molar refractivity (Wildman–Crippen MR) is 59.3 cm³/mol. The molecule has 0 fully saturated rings. The zero-order chi connectivity index (χ0) is 12.8. The molecule has 16 heavy (non-hydrogen) atoms. The molecule has 0 amide bonds. The molecule has 5 heteroatoms. The van der Waals surface area contributed by atoms with Gasteiger partial charge in [0.15, 0.2) is 5.78 Å². The Bertz CT molecular complexity index is 289. The third-order valence-corrected chi connectivity index (χ3v) is 1.72. The molecule has 0 aromatic rings. The first-order chi connectivity index (χ1) is 7.32. The topological polar surface area (TPSA) is 64.6 Å². The van der Waals surface area contributed by atoms with E-state index in [1.54, 1.807) is 27.7 Å². The lowest BCUT2D eigenvalue weighted by atomic mass is 9.90. The van der Waals surface area contributed by atoms with Crippen LogP contribution in [-0.4, -0.2) is 25.5 Å². The number of carbonyl (C=O) groups is 2. The van der Waals surface area contributed by atoms with Gasteiger partial charge < -0.3 is 4.74 Å². The van der Waals surface area contributed by atoms with Gasteiger partial charge in [-0.05, 0) is 6.92 Å². The fourth-order valence-electron chi connectivity index (χ4n) is 0.796. The summed E-state index contributed by atoms with van der Waals surface area (Å²) in [5, 5.41) is 0. The Balaban J connectivity index is 4.84. The van der Waals surface area contributed by atoms with Crippen LogP contribution in [0, 0.1) is 5.41 Å². The van der Waals surface area contributed by atoms with E-state index in [0.29, 0.717) is 0 Å². The van der Waals surface area contributed by atoms with Gasteiger partial charge in [0.25, 0.3) is 0 Å². The van der Waals surface area contributed by atoms with Gasteiger partial charge in [-0.15, -0.1) is 0 Å². The summed E-state index contributed by atoms with van der Waals surface area (Å²) >= 11 is 0. The molecule has 0 rings (SSSR count). The number of hydrogen-bond acceptors (Lipinski definition) is 5. The van der Waals surface area contributed by atoms with Gasteiger partial charge in [0.1, 0.15) is 5.70 Å². The normalized spacial score (nSPS) is 12.2. The molecule has 0 heterocycles. The summed E-state index contributed by atoms with van der Waals surface area (Å²) < 4.78 is 4.77. The van der Waals surface area contributed by atoms with Crippen molar-refractivity contribution < 1.29 is 19.2 Å². The molecule has 0 aliphatic rings. The van der Waals surface area contributed by atoms with Crippen molar-refractivity contribution in [2.75, 3.05) is 13.7 Å². The predicted octanol–water partition coefficient (Wildman–Crippen LogP) is 1.20. The lowest BCUT2D eigenvalue weighted by Crippen LogP contribution is -2.26. The summed E-state index contributed by atoms with van der Waals surface area (Å²) in [4.78, 5) is 27.7. The molecule has 92 valence electrons. The number of carbonyl (C=O) groups excluding carboxylic acids is 2. The van der Waals surface area contributed by atoms with Crippen LogP contribution in [0.5, 0.6) is 0 Å². The van der Waals surface area contributed by atoms with E-state index in [1.165, 1.54) is 13.2 Å². The standard InChI is InChI=1S/C11H19NO4/c1-6-16-10(14)8(12-15-5)7-9(13)11(2,3)4/h7,12H,6H2,1-5H3/b8-7-. The Kier molecular flexibility index (Phi) is 5.74. The van der Waals surface area contributed by atoms with Gasteiger partial charge in [-0.1, -0.05) is 20.8 Å². The second kappa shape index (κ2) is 6.27. The van der Waals surface area contributed by atoms with Crippen LogP contribution in [0.15, 0.2) is 11.8 Å². The van der Waals surface area contributed by atoms with E-state index in [-0.39, 0.29) is 18.1 Å². The molecule has 0 aromatic carbocycles. The van der Waals surface area contributed by atoms with Crippen LogP contribution in [-0.2, 0) is 19.2 Å². The second-order valence-corrected chi connectivity index (χ2v) is 4.20. The fourth-order valence-corrected chi connectivity index (χ4v) is 0.796. The van der Waals surface area contributed by atoms with E-state index in [2.05, 4.69) is 10.3 Å². The first kappa shape index (κ1) is 14.6. The van der Waals surface area contributed by atoms with Crippen LogP contribution in [0.1, 0.15) is 27.7 Å². The molecule has 0 radical (unpaired) electrons. The van der Waals surface area contributed by atoms with Crippen molar-refractivity contribution in [3.63, 3.8) is 0 Å².